The fourth-order valence-electron chi connectivity index (χ4n) is 2.67. The average molecular weight is 422 g/mol. The molecule has 1 aromatic heterocycles. The van der Waals surface area contributed by atoms with E-state index in [4.69, 9.17) is 16.3 Å². The Bertz CT molecular complexity index is 837. The summed E-state index contributed by atoms with van der Waals surface area (Å²) in [6.45, 7) is 5.63. The number of carbonyl (C=O) groups is 2. The van der Waals surface area contributed by atoms with Crippen molar-refractivity contribution in [3.05, 3.63) is 51.8 Å². The number of carbonyl (C=O) groups excluding carboxylic acids is 2. The van der Waals surface area contributed by atoms with Gasteiger partial charge in [-0.2, -0.15) is 0 Å². The smallest absolute Gasteiger partial charge is 0.306 e. The number of nitrogens with one attached hydrogen (secondary N) is 1. The lowest BCUT2D eigenvalue weighted by Crippen LogP contribution is -2.35. The lowest BCUT2D eigenvalue weighted by Gasteiger charge is -2.14. The van der Waals surface area contributed by atoms with Crippen LogP contribution in [0.15, 0.2) is 29.4 Å². The number of esters is 1. The molecule has 150 valence electrons. The van der Waals surface area contributed by atoms with Gasteiger partial charge in [-0.3, -0.25) is 9.59 Å². The maximum absolute atomic E-state index is 12.2. The van der Waals surface area contributed by atoms with Crippen molar-refractivity contribution in [1.82, 2.24) is 15.3 Å². The quantitative estimate of drug-likeness (QED) is 0.398. The first kappa shape index (κ1) is 22.2. The van der Waals surface area contributed by atoms with Gasteiger partial charge in [-0.25, -0.2) is 9.97 Å². The van der Waals surface area contributed by atoms with Crippen molar-refractivity contribution in [1.29, 1.82) is 0 Å². The van der Waals surface area contributed by atoms with Crippen molar-refractivity contribution in [2.45, 2.75) is 51.4 Å². The third kappa shape index (κ3) is 6.21. The molecule has 28 heavy (non-hydrogen) atoms. The Hall–Kier alpha value is -2.12. The monoisotopic (exact) mass is 421 g/mol. The molecule has 0 radical (unpaired) electrons. The molecule has 0 spiro atoms. The minimum absolute atomic E-state index is 0.159. The molecule has 1 heterocycles. The van der Waals surface area contributed by atoms with Gasteiger partial charge >= 0.3 is 5.97 Å². The first-order valence-electron chi connectivity index (χ1n) is 8.90. The number of thioether (sulfide) groups is 1. The molecule has 0 saturated carbocycles. The second kappa shape index (κ2) is 10.4. The van der Waals surface area contributed by atoms with E-state index in [0.29, 0.717) is 16.6 Å². The number of hydrogen-bond donors (Lipinski definition) is 1. The van der Waals surface area contributed by atoms with Crippen molar-refractivity contribution >= 4 is 35.2 Å². The molecule has 2 rings (SSSR count). The van der Waals surface area contributed by atoms with Crippen LogP contribution in [0.1, 0.15) is 35.9 Å². The molecular formula is C20H24ClN3O3S. The first-order chi connectivity index (χ1) is 13.3. The molecule has 0 aliphatic carbocycles. The topological polar surface area (TPSA) is 81.2 Å². The van der Waals surface area contributed by atoms with Gasteiger partial charge < -0.3 is 10.1 Å². The van der Waals surface area contributed by atoms with Crippen molar-refractivity contribution in [2.75, 3.05) is 6.26 Å². The van der Waals surface area contributed by atoms with E-state index < -0.39 is 12.1 Å². The first-order valence-corrected chi connectivity index (χ1v) is 10.5. The van der Waals surface area contributed by atoms with Crippen molar-refractivity contribution < 1.29 is 14.3 Å². The fraction of sp³-hybridized carbons (Fsp3) is 0.400. The summed E-state index contributed by atoms with van der Waals surface area (Å²) < 4.78 is 5.25. The molecule has 1 aromatic carbocycles. The molecule has 0 fully saturated rings. The number of amides is 1. The number of hydrogen-bond acceptors (Lipinski definition) is 6. The molecule has 1 amide bonds. The summed E-state index contributed by atoms with van der Waals surface area (Å²) >= 11 is 7.55. The zero-order chi connectivity index (χ0) is 20.7. The van der Waals surface area contributed by atoms with Crippen molar-refractivity contribution in [2.24, 2.45) is 0 Å². The van der Waals surface area contributed by atoms with Gasteiger partial charge in [-0.05, 0) is 50.6 Å². The van der Waals surface area contributed by atoms with E-state index in [0.717, 1.165) is 22.5 Å². The van der Waals surface area contributed by atoms with E-state index in [9.17, 15) is 9.59 Å². The molecule has 6 nitrogen and oxygen atoms in total. The maximum atomic E-state index is 12.2. The van der Waals surface area contributed by atoms with E-state index in [2.05, 4.69) is 15.3 Å². The molecule has 0 aliphatic heterocycles. The van der Waals surface area contributed by atoms with E-state index >= 15 is 0 Å². The molecule has 0 saturated heterocycles. The van der Waals surface area contributed by atoms with Crippen LogP contribution in [0.25, 0.3) is 0 Å². The number of rotatable bonds is 8. The number of ether oxygens (including phenoxy) is 1. The highest BCUT2D eigenvalue weighted by Gasteiger charge is 2.18. The minimum atomic E-state index is -0.882. The predicted molar refractivity (Wildman–Crippen MR) is 110 cm³/mol. The number of benzene rings is 1. The van der Waals surface area contributed by atoms with Gasteiger partial charge in [0.05, 0.1) is 0 Å². The fourth-order valence-corrected chi connectivity index (χ4v) is 3.33. The normalized spacial score (nSPS) is 11.8. The van der Waals surface area contributed by atoms with E-state index in [1.54, 1.807) is 13.0 Å². The standard InChI is InChI=1S/C20H24ClN3O3S/c1-12-16(13(2)24-20(23-12)28-4)9-10-18(25)27-14(3)19(26)22-11-15-7-5-6-8-17(15)21/h5-8,14H,9-11H2,1-4H3,(H,22,26)/t14-/m0/s1. The minimum Gasteiger partial charge on any atom is -0.453 e. The van der Waals surface area contributed by atoms with Gasteiger partial charge in [0.25, 0.3) is 5.91 Å². The van der Waals surface area contributed by atoms with Gasteiger partial charge in [0, 0.05) is 29.4 Å². The summed E-state index contributed by atoms with van der Waals surface area (Å²) in [5.41, 5.74) is 3.45. The Labute approximate surface area is 174 Å². The number of nitrogens with zero attached hydrogens (tertiary/aromatic N) is 2. The number of aromatic nitrogens is 2. The van der Waals surface area contributed by atoms with Gasteiger partial charge in [0.1, 0.15) is 0 Å². The number of halogens is 1. The zero-order valence-electron chi connectivity index (χ0n) is 16.4. The third-order valence-electron chi connectivity index (χ3n) is 4.25. The largest absolute Gasteiger partial charge is 0.453 e. The Balaban J connectivity index is 1.84. The van der Waals surface area contributed by atoms with Crippen LogP contribution in [0.4, 0.5) is 0 Å². The summed E-state index contributed by atoms with van der Waals surface area (Å²) in [6.07, 6.45) is 1.67. The predicted octanol–water partition coefficient (Wildman–Crippen LogP) is 3.65. The summed E-state index contributed by atoms with van der Waals surface area (Å²) in [4.78, 5) is 33.1. The summed E-state index contributed by atoms with van der Waals surface area (Å²) in [7, 11) is 0. The highest BCUT2D eigenvalue weighted by Crippen LogP contribution is 2.17. The second-order valence-corrected chi connectivity index (χ2v) is 7.48. The van der Waals surface area contributed by atoms with Crippen LogP contribution in [-0.4, -0.2) is 34.2 Å². The third-order valence-corrected chi connectivity index (χ3v) is 5.17. The van der Waals surface area contributed by atoms with E-state index in [1.165, 1.54) is 11.8 Å². The van der Waals surface area contributed by atoms with Crippen LogP contribution in [-0.2, 0) is 27.3 Å². The Kier molecular flexibility index (Phi) is 8.26. The summed E-state index contributed by atoms with van der Waals surface area (Å²) in [5, 5.41) is 4.02. The van der Waals surface area contributed by atoms with Gasteiger partial charge in [0.15, 0.2) is 11.3 Å². The molecular weight excluding hydrogens is 398 g/mol. The maximum Gasteiger partial charge on any atom is 0.306 e. The Morgan fingerprint density at radius 1 is 1.21 bits per heavy atom. The van der Waals surface area contributed by atoms with Crippen molar-refractivity contribution in [3.8, 4) is 0 Å². The van der Waals surface area contributed by atoms with Gasteiger partial charge in [-0.15, -0.1) is 0 Å². The summed E-state index contributed by atoms with van der Waals surface area (Å²) in [5.74, 6) is -0.804. The lowest BCUT2D eigenvalue weighted by atomic mass is 10.1. The molecule has 0 aliphatic rings. The lowest BCUT2D eigenvalue weighted by molar-refractivity contribution is -0.154. The van der Waals surface area contributed by atoms with E-state index in [-0.39, 0.29) is 18.9 Å². The molecule has 2 aromatic rings. The van der Waals surface area contributed by atoms with Crippen LogP contribution < -0.4 is 5.32 Å². The SMILES string of the molecule is CSc1nc(C)c(CCC(=O)O[C@@H](C)C(=O)NCc2ccccc2Cl)c(C)n1. The van der Waals surface area contributed by atoms with E-state index in [1.807, 2.05) is 38.3 Å². The Morgan fingerprint density at radius 3 is 2.46 bits per heavy atom. The van der Waals surface area contributed by atoms with Crippen molar-refractivity contribution in [3.63, 3.8) is 0 Å². The second-order valence-electron chi connectivity index (χ2n) is 6.30. The van der Waals surface area contributed by atoms with Gasteiger partial charge in [0.2, 0.25) is 0 Å². The molecule has 1 atom stereocenters. The van der Waals surface area contributed by atoms with Crippen LogP contribution >= 0.6 is 23.4 Å². The van der Waals surface area contributed by atoms with Crippen LogP contribution in [0.5, 0.6) is 0 Å². The molecule has 0 unspecified atom stereocenters. The van der Waals surface area contributed by atoms with Crippen LogP contribution in [0.2, 0.25) is 5.02 Å². The number of aryl methyl sites for hydroxylation is 2. The Morgan fingerprint density at radius 2 is 1.86 bits per heavy atom. The zero-order valence-corrected chi connectivity index (χ0v) is 18.0. The van der Waals surface area contributed by atoms with Crippen LogP contribution in [0, 0.1) is 13.8 Å². The highest BCUT2D eigenvalue weighted by atomic mass is 35.5. The average Bonchev–Trinajstić information content (AvgIpc) is 2.66. The molecule has 8 heteroatoms. The highest BCUT2D eigenvalue weighted by molar-refractivity contribution is 7.98. The molecule has 1 N–H and O–H groups in total. The van der Waals surface area contributed by atoms with Crippen LogP contribution in [0.3, 0.4) is 0 Å². The van der Waals surface area contributed by atoms with Gasteiger partial charge in [-0.1, -0.05) is 41.6 Å². The summed E-state index contributed by atoms with van der Waals surface area (Å²) in [6, 6.07) is 7.25. The molecule has 0 bridgehead atoms.